The van der Waals surface area contributed by atoms with Gasteiger partial charge in [0.2, 0.25) is 0 Å². The van der Waals surface area contributed by atoms with E-state index in [9.17, 15) is 4.79 Å². The number of benzene rings is 2. The number of aromatic nitrogens is 4. The van der Waals surface area contributed by atoms with Crippen molar-refractivity contribution in [3.8, 4) is 22.8 Å². The van der Waals surface area contributed by atoms with Crippen LogP contribution >= 0.6 is 0 Å². The Morgan fingerprint density at radius 2 is 1.91 bits per heavy atom. The first-order valence-electron chi connectivity index (χ1n) is 11.8. The number of piperidine rings is 1. The second-order valence-electron chi connectivity index (χ2n) is 8.61. The smallest absolute Gasteiger partial charge is 0.251 e. The van der Waals surface area contributed by atoms with E-state index in [0.717, 1.165) is 43.0 Å². The van der Waals surface area contributed by atoms with Gasteiger partial charge in [0.05, 0.1) is 12.8 Å². The molecule has 1 fully saturated rings. The third kappa shape index (κ3) is 5.32. The van der Waals surface area contributed by atoms with E-state index in [2.05, 4.69) is 20.3 Å². The number of methoxy groups -OCH3 is 1. The van der Waals surface area contributed by atoms with Gasteiger partial charge in [-0.2, -0.15) is 5.10 Å². The lowest BCUT2D eigenvalue weighted by atomic mass is 9.96. The van der Waals surface area contributed by atoms with Crippen molar-refractivity contribution in [3.05, 3.63) is 84.8 Å². The first-order valence-corrected chi connectivity index (χ1v) is 11.8. The summed E-state index contributed by atoms with van der Waals surface area (Å²) in [4.78, 5) is 24.2. The van der Waals surface area contributed by atoms with Crippen LogP contribution in [-0.4, -0.2) is 52.4 Å². The largest absolute Gasteiger partial charge is 0.497 e. The second-order valence-corrected chi connectivity index (χ2v) is 8.61. The van der Waals surface area contributed by atoms with Crippen molar-refractivity contribution in [3.63, 3.8) is 0 Å². The van der Waals surface area contributed by atoms with E-state index in [1.54, 1.807) is 25.4 Å². The van der Waals surface area contributed by atoms with Crippen molar-refractivity contribution in [2.24, 2.45) is 5.92 Å². The fourth-order valence-electron chi connectivity index (χ4n) is 4.34. The summed E-state index contributed by atoms with van der Waals surface area (Å²) in [6, 6.07) is 19.2. The Bertz CT molecular complexity index is 1280. The average Bonchev–Trinajstić information content (AvgIpc) is 3.47. The number of rotatable bonds is 7. The van der Waals surface area contributed by atoms with Crippen molar-refractivity contribution in [1.29, 1.82) is 0 Å². The van der Waals surface area contributed by atoms with Gasteiger partial charge >= 0.3 is 0 Å². The first-order chi connectivity index (χ1) is 17.2. The standard InChI is InChI=1S/C27H28N6O2/c1-35-24-8-3-6-22(18-24)27(34)29-19-20-10-15-32(16-11-20)25-9-13-28-26(31-25)21-5-2-7-23(17-21)33-14-4-12-30-33/h2-9,12-14,17-18,20H,10-11,15-16,19H2,1H3,(H,29,34). The number of carbonyl (C=O) groups is 1. The van der Waals surface area contributed by atoms with E-state index in [1.807, 2.05) is 65.6 Å². The molecule has 1 aliphatic rings. The summed E-state index contributed by atoms with van der Waals surface area (Å²) in [6.45, 7) is 2.45. The molecule has 0 atom stereocenters. The zero-order valence-corrected chi connectivity index (χ0v) is 19.7. The van der Waals surface area contributed by atoms with Crippen LogP contribution in [0.1, 0.15) is 23.2 Å². The lowest BCUT2D eigenvalue weighted by Crippen LogP contribution is -2.39. The molecule has 1 amide bonds. The highest BCUT2D eigenvalue weighted by Crippen LogP contribution is 2.25. The van der Waals surface area contributed by atoms with Crippen LogP contribution in [0, 0.1) is 5.92 Å². The summed E-state index contributed by atoms with van der Waals surface area (Å²) in [6.07, 6.45) is 7.48. The highest BCUT2D eigenvalue weighted by Gasteiger charge is 2.21. The minimum atomic E-state index is -0.0656. The maximum Gasteiger partial charge on any atom is 0.251 e. The number of hydrogen-bond donors (Lipinski definition) is 1. The Kier molecular flexibility index (Phi) is 6.70. The topological polar surface area (TPSA) is 85.2 Å². The average molecular weight is 469 g/mol. The Hall–Kier alpha value is -4.20. The van der Waals surface area contributed by atoms with Crippen LogP contribution < -0.4 is 15.0 Å². The molecule has 0 unspecified atom stereocenters. The van der Waals surface area contributed by atoms with Crippen LogP contribution in [0.25, 0.3) is 17.1 Å². The number of nitrogens with zero attached hydrogens (tertiary/aromatic N) is 5. The van der Waals surface area contributed by atoms with E-state index in [4.69, 9.17) is 9.72 Å². The number of carbonyl (C=O) groups excluding carboxylic acids is 1. The molecule has 4 aromatic rings. The third-order valence-corrected chi connectivity index (χ3v) is 6.34. The number of anilines is 1. The molecule has 1 saturated heterocycles. The van der Waals surface area contributed by atoms with Crippen molar-refractivity contribution in [1.82, 2.24) is 25.1 Å². The summed E-state index contributed by atoms with van der Waals surface area (Å²) in [5.74, 6) is 2.68. The maximum atomic E-state index is 12.5. The van der Waals surface area contributed by atoms with E-state index in [0.29, 0.717) is 29.6 Å². The molecule has 0 bridgehead atoms. The first kappa shape index (κ1) is 22.6. The summed E-state index contributed by atoms with van der Waals surface area (Å²) >= 11 is 0. The molecule has 8 heteroatoms. The van der Waals surface area contributed by atoms with E-state index in [-0.39, 0.29) is 5.91 Å². The van der Waals surface area contributed by atoms with Crippen LogP contribution in [0.3, 0.4) is 0 Å². The van der Waals surface area contributed by atoms with Crippen LogP contribution in [0.15, 0.2) is 79.3 Å². The molecular weight excluding hydrogens is 440 g/mol. The van der Waals surface area contributed by atoms with Crippen LogP contribution in [0.4, 0.5) is 5.82 Å². The zero-order chi connectivity index (χ0) is 24.0. The quantitative estimate of drug-likeness (QED) is 0.442. The summed E-state index contributed by atoms with van der Waals surface area (Å²) in [5.41, 5.74) is 2.54. The predicted octanol–water partition coefficient (Wildman–Crippen LogP) is 3.98. The fraction of sp³-hybridized carbons (Fsp3) is 0.259. The summed E-state index contributed by atoms with van der Waals surface area (Å²) < 4.78 is 7.04. The van der Waals surface area contributed by atoms with Gasteiger partial charge in [-0.1, -0.05) is 18.2 Å². The molecule has 5 rings (SSSR count). The van der Waals surface area contributed by atoms with Crippen molar-refractivity contribution < 1.29 is 9.53 Å². The van der Waals surface area contributed by atoms with Crippen LogP contribution in [0.5, 0.6) is 5.75 Å². The van der Waals surface area contributed by atoms with Gasteiger partial charge in [0.15, 0.2) is 5.82 Å². The lowest BCUT2D eigenvalue weighted by molar-refractivity contribution is 0.0944. The molecule has 0 saturated carbocycles. The fourth-order valence-corrected chi connectivity index (χ4v) is 4.34. The highest BCUT2D eigenvalue weighted by atomic mass is 16.5. The molecule has 0 aliphatic carbocycles. The SMILES string of the molecule is COc1cccc(C(=O)NCC2CCN(c3ccnc(-c4cccc(-n5cccn5)c4)n3)CC2)c1. The molecule has 1 aliphatic heterocycles. The minimum absolute atomic E-state index is 0.0656. The summed E-state index contributed by atoms with van der Waals surface area (Å²) in [7, 11) is 1.60. The molecule has 1 N–H and O–H groups in total. The van der Waals surface area contributed by atoms with Gasteiger partial charge in [0.25, 0.3) is 5.91 Å². The zero-order valence-electron chi connectivity index (χ0n) is 19.7. The Morgan fingerprint density at radius 3 is 2.71 bits per heavy atom. The van der Waals surface area contributed by atoms with E-state index < -0.39 is 0 Å². The molecule has 178 valence electrons. The van der Waals surface area contributed by atoms with Crippen molar-refractivity contribution >= 4 is 11.7 Å². The molecule has 0 radical (unpaired) electrons. The third-order valence-electron chi connectivity index (χ3n) is 6.34. The molecule has 8 nitrogen and oxygen atoms in total. The van der Waals surface area contributed by atoms with Crippen molar-refractivity contribution in [2.75, 3.05) is 31.6 Å². The van der Waals surface area contributed by atoms with Crippen molar-refractivity contribution in [2.45, 2.75) is 12.8 Å². The number of nitrogens with one attached hydrogen (secondary N) is 1. The van der Waals surface area contributed by atoms with Gasteiger partial charge in [-0.3, -0.25) is 4.79 Å². The van der Waals surface area contributed by atoms with E-state index >= 15 is 0 Å². The van der Waals surface area contributed by atoms with E-state index in [1.165, 1.54) is 0 Å². The second kappa shape index (κ2) is 10.4. The predicted molar refractivity (Wildman–Crippen MR) is 135 cm³/mol. The molecule has 2 aromatic heterocycles. The number of ether oxygens (including phenoxy) is 1. The van der Waals surface area contributed by atoms with Crippen LogP contribution in [-0.2, 0) is 0 Å². The van der Waals surface area contributed by atoms with Gasteiger partial charge < -0.3 is 15.0 Å². The Balaban J connectivity index is 1.18. The molecule has 0 spiro atoms. The highest BCUT2D eigenvalue weighted by molar-refractivity contribution is 5.94. The van der Waals surface area contributed by atoms with Gasteiger partial charge in [0, 0.05) is 49.4 Å². The Labute approximate surface area is 204 Å². The molecule has 3 heterocycles. The number of hydrogen-bond acceptors (Lipinski definition) is 6. The normalized spacial score (nSPS) is 14.0. The monoisotopic (exact) mass is 468 g/mol. The molecular formula is C27H28N6O2. The Morgan fingerprint density at radius 1 is 1.06 bits per heavy atom. The molecule has 2 aromatic carbocycles. The van der Waals surface area contributed by atoms with Gasteiger partial charge in [-0.05, 0) is 61.2 Å². The van der Waals surface area contributed by atoms with Crippen LogP contribution in [0.2, 0.25) is 0 Å². The molecule has 35 heavy (non-hydrogen) atoms. The maximum absolute atomic E-state index is 12.5. The van der Waals surface area contributed by atoms with Gasteiger partial charge in [-0.25, -0.2) is 14.6 Å². The lowest BCUT2D eigenvalue weighted by Gasteiger charge is -2.33. The summed E-state index contributed by atoms with van der Waals surface area (Å²) in [5, 5.41) is 7.38. The van der Waals surface area contributed by atoms with Gasteiger partial charge in [0.1, 0.15) is 11.6 Å². The minimum Gasteiger partial charge on any atom is -0.497 e. The number of amides is 1. The van der Waals surface area contributed by atoms with Gasteiger partial charge in [-0.15, -0.1) is 0 Å².